The fourth-order valence-corrected chi connectivity index (χ4v) is 1.87. The smallest absolute Gasteiger partial charge is 0.309 e. The summed E-state index contributed by atoms with van der Waals surface area (Å²) < 4.78 is 4.42. The molecule has 0 unspecified atom stereocenters. The van der Waals surface area contributed by atoms with Gasteiger partial charge < -0.3 is 20.3 Å². The van der Waals surface area contributed by atoms with E-state index < -0.39 is 23.9 Å². The van der Waals surface area contributed by atoms with Crippen LogP contribution in [0, 0.1) is 0 Å². The largest absolute Gasteiger partial charge is 0.507 e. The zero-order chi connectivity index (χ0) is 12.6. The second kappa shape index (κ2) is 3.74. The molecule has 90 valence electrons. The van der Waals surface area contributed by atoms with Crippen molar-refractivity contribution in [1.82, 2.24) is 0 Å². The number of phenolic OH excluding ortho intramolecular Hbond substituents is 1. The number of methoxy groups -OCH3 is 1. The van der Waals surface area contributed by atoms with Gasteiger partial charge in [0.05, 0.1) is 24.8 Å². The van der Waals surface area contributed by atoms with Gasteiger partial charge in [-0.3, -0.25) is 9.59 Å². The average molecular weight is 237 g/mol. The number of hydrogen-bond donors (Lipinski definition) is 3. The van der Waals surface area contributed by atoms with Crippen LogP contribution in [0.3, 0.4) is 0 Å². The van der Waals surface area contributed by atoms with Crippen LogP contribution in [0.15, 0.2) is 18.2 Å². The highest BCUT2D eigenvalue weighted by Crippen LogP contribution is 2.43. The van der Waals surface area contributed by atoms with E-state index in [1.807, 2.05) is 0 Å². The first-order valence-corrected chi connectivity index (χ1v) is 4.92. The van der Waals surface area contributed by atoms with Crippen LogP contribution in [-0.4, -0.2) is 29.2 Å². The summed E-state index contributed by atoms with van der Waals surface area (Å²) in [7, 11) is 1.16. The normalized spacial score (nSPS) is 21.9. The van der Waals surface area contributed by atoms with Gasteiger partial charge in [-0.2, -0.15) is 0 Å². The van der Waals surface area contributed by atoms with E-state index in [1.54, 1.807) is 0 Å². The first kappa shape index (κ1) is 11.4. The Kier molecular flexibility index (Phi) is 2.51. The summed E-state index contributed by atoms with van der Waals surface area (Å²) in [5, 5.41) is 22.3. The molecular weight excluding hydrogens is 226 g/mol. The second-order valence-corrected chi connectivity index (χ2v) is 3.77. The molecule has 0 bridgehead atoms. The summed E-state index contributed by atoms with van der Waals surface area (Å²) in [4.78, 5) is 22.9. The van der Waals surface area contributed by atoms with Crippen LogP contribution in [0.2, 0.25) is 0 Å². The number of amides is 1. The summed E-state index contributed by atoms with van der Waals surface area (Å²) in [5.41, 5.74) is -1.77. The lowest BCUT2D eigenvalue weighted by Crippen LogP contribution is -2.36. The minimum Gasteiger partial charge on any atom is -0.507 e. The number of fused-ring (bicyclic) bond motifs is 1. The number of benzene rings is 1. The Labute approximate surface area is 96.8 Å². The van der Waals surface area contributed by atoms with Gasteiger partial charge in [0.25, 0.3) is 5.91 Å². The number of carbonyl (C=O) groups excluding carboxylic acids is 2. The van der Waals surface area contributed by atoms with Crippen LogP contribution < -0.4 is 5.32 Å². The Bertz CT molecular complexity index is 499. The van der Waals surface area contributed by atoms with E-state index in [2.05, 4.69) is 10.1 Å². The SMILES string of the molecule is COC(=O)C[C@@]1(O)C(=O)Nc2cccc(O)c21. The maximum Gasteiger partial charge on any atom is 0.309 e. The van der Waals surface area contributed by atoms with Crippen molar-refractivity contribution >= 4 is 17.6 Å². The number of ether oxygens (including phenoxy) is 1. The molecule has 1 heterocycles. The van der Waals surface area contributed by atoms with Gasteiger partial charge in [0, 0.05) is 0 Å². The highest BCUT2D eigenvalue weighted by molar-refractivity contribution is 6.07. The van der Waals surface area contributed by atoms with E-state index in [1.165, 1.54) is 18.2 Å². The molecule has 0 aromatic heterocycles. The Morgan fingerprint density at radius 2 is 2.24 bits per heavy atom. The molecule has 0 fully saturated rings. The van der Waals surface area contributed by atoms with Gasteiger partial charge in [-0.15, -0.1) is 0 Å². The van der Waals surface area contributed by atoms with Crippen molar-refractivity contribution in [3.63, 3.8) is 0 Å². The highest BCUT2D eigenvalue weighted by Gasteiger charge is 2.49. The van der Waals surface area contributed by atoms with E-state index in [0.717, 1.165) is 7.11 Å². The van der Waals surface area contributed by atoms with Crippen molar-refractivity contribution in [2.75, 3.05) is 12.4 Å². The van der Waals surface area contributed by atoms with Crippen molar-refractivity contribution in [3.05, 3.63) is 23.8 Å². The average Bonchev–Trinajstić information content (AvgIpc) is 2.52. The maximum absolute atomic E-state index is 11.7. The number of esters is 1. The molecule has 6 heteroatoms. The van der Waals surface area contributed by atoms with Gasteiger partial charge in [-0.25, -0.2) is 0 Å². The number of phenols is 1. The van der Waals surface area contributed by atoms with Crippen molar-refractivity contribution in [2.45, 2.75) is 12.0 Å². The molecule has 1 amide bonds. The third kappa shape index (κ3) is 1.62. The number of hydrogen-bond acceptors (Lipinski definition) is 5. The molecule has 0 saturated heterocycles. The van der Waals surface area contributed by atoms with Crippen LogP contribution in [-0.2, 0) is 19.9 Å². The second-order valence-electron chi connectivity index (χ2n) is 3.77. The van der Waals surface area contributed by atoms with E-state index in [-0.39, 0.29) is 11.3 Å². The topological polar surface area (TPSA) is 95.9 Å². The lowest BCUT2D eigenvalue weighted by Gasteiger charge is -2.19. The van der Waals surface area contributed by atoms with Crippen LogP contribution >= 0.6 is 0 Å². The molecule has 1 aliphatic heterocycles. The summed E-state index contributed by atoms with van der Waals surface area (Å²) >= 11 is 0. The molecule has 1 atom stereocenters. The van der Waals surface area contributed by atoms with E-state index >= 15 is 0 Å². The zero-order valence-corrected chi connectivity index (χ0v) is 9.06. The minimum absolute atomic E-state index is 0.00963. The van der Waals surface area contributed by atoms with Gasteiger partial charge in [-0.05, 0) is 12.1 Å². The van der Waals surface area contributed by atoms with Crippen molar-refractivity contribution in [1.29, 1.82) is 0 Å². The standard InChI is InChI=1S/C11H11NO5/c1-17-8(14)5-11(16)9-6(12-10(11)15)3-2-4-7(9)13/h2-4,13,16H,5H2,1H3,(H,12,15)/t11-/m0/s1. The van der Waals surface area contributed by atoms with Gasteiger partial charge in [0.15, 0.2) is 5.60 Å². The molecule has 2 rings (SSSR count). The Balaban J connectivity index is 2.49. The number of nitrogens with one attached hydrogen (secondary N) is 1. The van der Waals surface area contributed by atoms with Crippen molar-refractivity contribution < 1.29 is 24.5 Å². The molecule has 1 aromatic carbocycles. The Morgan fingerprint density at radius 3 is 2.88 bits per heavy atom. The lowest BCUT2D eigenvalue weighted by atomic mass is 9.91. The molecule has 0 aliphatic carbocycles. The fourth-order valence-electron chi connectivity index (χ4n) is 1.87. The number of rotatable bonds is 2. The first-order valence-electron chi connectivity index (χ1n) is 4.92. The molecule has 17 heavy (non-hydrogen) atoms. The third-order valence-corrected chi connectivity index (χ3v) is 2.71. The summed E-state index contributed by atoms with van der Waals surface area (Å²) in [6.45, 7) is 0. The molecule has 6 nitrogen and oxygen atoms in total. The highest BCUT2D eigenvalue weighted by atomic mass is 16.5. The maximum atomic E-state index is 11.7. The van der Waals surface area contributed by atoms with Crippen LogP contribution in [0.25, 0.3) is 0 Å². The number of aromatic hydroxyl groups is 1. The van der Waals surface area contributed by atoms with Crippen molar-refractivity contribution in [3.8, 4) is 5.75 Å². The molecule has 1 aromatic rings. The molecular formula is C11H11NO5. The summed E-state index contributed by atoms with van der Waals surface area (Å²) in [6.07, 6.45) is -0.542. The fraction of sp³-hybridized carbons (Fsp3) is 0.273. The monoisotopic (exact) mass is 237 g/mol. The molecule has 0 spiro atoms. The van der Waals surface area contributed by atoms with E-state index in [0.29, 0.717) is 5.69 Å². The van der Waals surface area contributed by atoms with Crippen LogP contribution in [0.4, 0.5) is 5.69 Å². The van der Waals surface area contributed by atoms with Gasteiger partial charge in [0.1, 0.15) is 5.75 Å². The molecule has 0 saturated carbocycles. The molecule has 1 aliphatic rings. The van der Waals surface area contributed by atoms with Crippen molar-refractivity contribution in [2.24, 2.45) is 0 Å². The number of anilines is 1. The lowest BCUT2D eigenvalue weighted by molar-refractivity contribution is -0.152. The molecule has 0 radical (unpaired) electrons. The summed E-state index contributed by atoms with van der Waals surface area (Å²) in [6, 6.07) is 4.39. The van der Waals surface area contributed by atoms with E-state index in [4.69, 9.17) is 0 Å². The number of aliphatic hydroxyl groups is 1. The van der Waals surface area contributed by atoms with Crippen LogP contribution in [0.5, 0.6) is 5.75 Å². The zero-order valence-electron chi connectivity index (χ0n) is 9.06. The van der Waals surface area contributed by atoms with E-state index in [9.17, 15) is 19.8 Å². The Hall–Kier alpha value is -2.08. The summed E-state index contributed by atoms with van der Waals surface area (Å²) in [5.74, 6) is -1.73. The van der Waals surface area contributed by atoms with Gasteiger partial charge in [0.2, 0.25) is 0 Å². The van der Waals surface area contributed by atoms with Gasteiger partial charge in [-0.1, -0.05) is 6.07 Å². The molecule has 3 N–H and O–H groups in total. The predicted octanol–water partition coefficient (Wildman–Crippen LogP) is 0.0950. The third-order valence-electron chi connectivity index (χ3n) is 2.71. The number of carbonyl (C=O) groups is 2. The Morgan fingerprint density at radius 1 is 1.53 bits per heavy atom. The van der Waals surface area contributed by atoms with Crippen LogP contribution in [0.1, 0.15) is 12.0 Å². The minimum atomic E-state index is -2.08. The predicted molar refractivity (Wildman–Crippen MR) is 57.3 cm³/mol. The quantitative estimate of drug-likeness (QED) is 0.634. The van der Waals surface area contributed by atoms with Gasteiger partial charge >= 0.3 is 5.97 Å². The first-order chi connectivity index (χ1) is 7.99.